The molecule has 1 aromatic carbocycles. The molecule has 3 saturated heterocycles. The van der Waals surface area contributed by atoms with Crippen LogP contribution in [-0.4, -0.2) is 66.7 Å². The van der Waals surface area contributed by atoms with Gasteiger partial charge < -0.3 is 15.0 Å². The molecule has 5 heteroatoms. The Hall–Kier alpha value is -1.43. The van der Waals surface area contributed by atoms with Crippen LogP contribution in [0.15, 0.2) is 30.3 Å². The average Bonchev–Trinajstić information content (AvgIpc) is 2.99. The largest absolute Gasteiger partial charge is 0.366 e. The van der Waals surface area contributed by atoms with Gasteiger partial charge in [0.25, 0.3) is 5.91 Å². The Morgan fingerprint density at radius 3 is 2.68 bits per heavy atom. The summed E-state index contributed by atoms with van der Waals surface area (Å²) in [6.07, 6.45) is 4.36. The zero-order valence-electron chi connectivity index (χ0n) is 15.1. The number of fused-ring (bicyclic) bond motifs is 2. The van der Waals surface area contributed by atoms with E-state index >= 15 is 0 Å². The highest BCUT2D eigenvalue weighted by molar-refractivity contribution is 5.81. The molecule has 1 amide bonds. The molecule has 3 aliphatic rings. The van der Waals surface area contributed by atoms with Gasteiger partial charge in [0.1, 0.15) is 6.10 Å². The number of hydrogen-bond acceptors (Lipinski definition) is 4. The van der Waals surface area contributed by atoms with Gasteiger partial charge in [0.2, 0.25) is 0 Å². The van der Waals surface area contributed by atoms with Crippen molar-refractivity contribution >= 4 is 5.91 Å². The van der Waals surface area contributed by atoms with Crippen molar-refractivity contribution in [2.24, 2.45) is 0 Å². The van der Waals surface area contributed by atoms with E-state index in [9.17, 15) is 4.79 Å². The van der Waals surface area contributed by atoms with E-state index in [1.54, 1.807) is 0 Å². The maximum absolute atomic E-state index is 13.0. The minimum atomic E-state index is -0.324. The van der Waals surface area contributed by atoms with Gasteiger partial charge in [0, 0.05) is 44.8 Å². The second kappa shape index (κ2) is 7.44. The Morgan fingerprint density at radius 1 is 1.24 bits per heavy atom. The quantitative estimate of drug-likeness (QED) is 0.903. The molecular weight excluding hydrogens is 314 g/mol. The van der Waals surface area contributed by atoms with Crippen molar-refractivity contribution in [3.63, 3.8) is 0 Å². The van der Waals surface area contributed by atoms with Crippen molar-refractivity contribution in [1.29, 1.82) is 0 Å². The number of nitrogens with one attached hydrogen (secondary N) is 1. The number of carbonyl (C=O) groups excluding carboxylic acids is 1. The molecule has 0 spiro atoms. The first-order valence-corrected chi connectivity index (χ1v) is 9.59. The lowest BCUT2D eigenvalue weighted by molar-refractivity contribution is -0.151. The van der Waals surface area contributed by atoms with Crippen LogP contribution in [0.25, 0.3) is 0 Å². The van der Waals surface area contributed by atoms with Gasteiger partial charge in [-0.1, -0.05) is 30.3 Å². The first-order chi connectivity index (χ1) is 12.2. The smallest absolute Gasteiger partial charge is 0.253 e. The van der Waals surface area contributed by atoms with E-state index < -0.39 is 0 Å². The molecule has 3 heterocycles. The van der Waals surface area contributed by atoms with Gasteiger partial charge in [-0.15, -0.1) is 0 Å². The van der Waals surface area contributed by atoms with Crippen LogP contribution >= 0.6 is 0 Å². The minimum absolute atomic E-state index is 0.157. The van der Waals surface area contributed by atoms with Gasteiger partial charge in [-0.3, -0.25) is 9.69 Å². The maximum Gasteiger partial charge on any atom is 0.253 e. The van der Waals surface area contributed by atoms with Gasteiger partial charge in [-0.25, -0.2) is 0 Å². The maximum atomic E-state index is 13.0. The number of ether oxygens (including phenoxy) is 1. The Balaban J connectivity index is 1.34. The number of benzene rings is 1. The van der Waals surface area contributed by atoms with Crippen LogP contribution in [0.5, 0.6) is 0 Å². The number of carbonyl (C=O) groups is 1. The van der Waals surface area contributed by atoms with Gasteiger partial charge in [-0.2, -0.15) is 0 Å². The van der Waals surface area contributed by atoms with Crippen molar-refractivity contribution in [2.75, 3.05) is 26.7 Å². The molecule has 1 aromatic rings. The third kappa shape index (κ3) is 3.89. The number of likely N-dealkylation sites (N-methyl/N-ethyl adjacent to an activating group) is 1. The molecule has 3 aliphatic heterocycles. The highest BCUT2D eigenvalue weighted by Crippen LogP contribution is 2.29. The lowest BCUT2D eigenvalue weighted by atomic mass is 9.98. The van der Waals surface area contributed by atoms with Crippen molar-refractivity contribution in [3.8, 4) is 0 Å². The molecule has 3 atom stereocenters. The molecule has 1 N–H and O–H groups in total. The van der Waals surface area contributed by atoms with Crippen LogP contribution in [0.3, 0.4) is 0 Å². The third-order valence-electron chi connectivity index (χ3n) is 6.02. The molecule has 0 aromatic heterocycles. The molecule has 0 saturated carbocycles. The normalized spacial score (nSPS) is 32.5. The van der Waals surface area contributed by atoms with Gasteiger partial charge in [0.15, 0.2) is 0 Å². The van der Waals surface area contributed by atoms with Gasteiger partial charge in [-0.05, 0) is 31.2 Å². The zero-order chi connectivity index (χ0) is 17.2. The van der Waals surface area contributed by atoms with Crippen LogP contribution < -0.4 is 5.32 Å². The summed E-state index contributed by atoms with van der Waals surface area (Å²) in [5.74, 6) is 0.157. The first-order valence-electron chi connectivity index (χ1n) is 9.59. The molecule has 4 rings (SSSR count). The molecule has 3 fully saturated rings. The van der Waals surface area contributed by atoms with Crippen molar-refractivity contribution in [2.45, 2.75) is 56.5 Å². The van der Waals surface area contributed by atoms with Gasteiger partial charge >= 0.3 is 0 Å². The average molecular weight is 343 g/mol. The topological polar surface area (TPSA) is 44.8 Å². The lowest BCUT2D eigenvalue weighted by Crippen LogP contribution is -2.55. The summed E-state index contributed by atoms with van der Waals surface area (Å²) in [6, 6.07) is 12.0. The fourth-order valence-corrected chi connectivity index (χ4v) is 4.59. The summed E-state index contributed by atoms with van der Waals surface area (Å²) in [6.45, 7) is 3.10. The number of piperidine rings is 1. The first kappa shape index (κ1) is 17.0. The summed E-state index contributed by atoms with van der Waals surface area (Å²) in [4.78, 5) is 17.3. The van der Waals surface area contributed by atoms with E-state index in [0.29, 0.717) is 31.3 Å². The molecule has 0 aliphatic carbocycles. The van der Waals surface area contributed by atoms with Gasteiger partial charge in [0.05, 0.1) is 6.61 Å². The third-order valence-corrected chi connectivity index (χ3v) is 6.02. The Labute approximate surface area is 150 Å². The molecule has 2 bridgehead atoms. The number of amides is 1. The Morgan fingerprint density at radius 2 is 1.96 bits per heavy atom. The van der Waals surface area contributed by atoms with Crippen molar-refractivity contribution < 1.29 is 9.53 Å². The van der Waals surface area contributed by atoms with Crippen LogP contribution in [-0.2, 0) is 16.1 Å². The highest BCUT2D eigenvalue weighted by atomic mass is 16.5. The van der Waals surface area contributed by atoms with E-state index in [-0.39, 0.29) is 12.0 Å². The van der Waals surface area contributed by atoms with Crippen LogP contribution in [0.1, 0.15) is 31.2 Å². The lowest BCUT2D eigenvalue weighted by Gasteiger charge is -2.39. The predicted octanol–water partition coefficient (Wildman–Crippen LogP) is 1.63. The summed E-state index contributed by atoms with van der Waals surface area (Å²) < 4.78 is 5.84. The van der Waals surface area contributed by atoms with Crippen molar-refractivity contribution in [1.82, 2.24) is 15.1 Å². The predicted molar refractivity (Wildman–Crippen MR) is 97.2 cm³/mol. The fourth-order valence-electron chi connectivity index (χ4n) is 4.59. The zero-order valence-corrected chi connectivity index (χ0v) is 15.1. The van der Waals surface area contributed by atoms with E-state index in [0.717, 1.165) is 25.9 Å². The molecule has 25 heavy (non-hydrogen) atoms. The standard InChI is InChI=1S/C20H29N3O2/c1-22(18-11-16-7-8-17(12-18)21-16)20(24)19-14-23(9-10-25-19)13-15-5-3-2-4-6-15/h2-6,16-19,21H,7-14H2,1H3. The monoisotopic (exact) mass is 343 g/mol. The van der Waals surface area contributed by atoms with E-state index in [4.69, 9.17) is 4.74 Å². The Bertz CT molecular complexity index is 582. The van der Waals surface area contributed by atoms with E-state index in [1.807, 2.05) is 18.0 Å². The number of nitrogens with zero attached hydrogens (tertiary/aromatic N) is 2. The molecule has 3 unspecified atom stereocenters. The summed E-state index contributed by atoms with van der Waals surface area (Å²) in [7, 11) is 1.97. The van der Waals surface area contributed by atoms with Crippen LogP contribution in [0.4, 0.5) is 0 Å². The fraction of sp³-hybridized carbons (Fsp3) is 0.650. The molecule has 0 radical (unpaired) electrons. The van der Waals surface area contributed by atoms with Crippen molar-refractivity contribution in [3.05, 3.63) is 35.9 Å². The van der Waals surface area contributed by atoms with E-state index in [2.05, 4.69) is 34.5 Å². The Kier molecular flexibility index (Phi) is 5.06. The minimum Gasteiger partial charge on any atom is -0.366 e. The second-order valence-corrected chi connectivity index (χ2v) is 7.79. The number of hydrogen-bond donors (Lipinski definition) is 1. The number of rotatable bonds is 4. The summed E-state index contributed by atoms with van der Waals surface area (Å²) >= 11 is 0. The second-order valence-electron chi connectivity index (χ2n) is 7.79. The number of morpholine rings is 1. The van der Waals surface area contributed by atoms with E-state index in [1.165, 1.54) is 18.4 Å². The van der Waals surface area contributed by atoms with Crippen LogP contribution in [0, 0.1) is 0 Å². The molecule has 136 valence electrons. The SMILES string of the molecule is CN(C(=O)C1CN(Cc2ccccc2)CCO1)C1CC2CCC(C1)N2. The summed E-state index contributed by atoms with van der Waals surface area (Å²) in [5.41, 5.74) is 1.29. The molecular formula is C20H29N3O2. The summed E-state index contributed by atoms with van der Waals surface area (Å²) in [5, 5.41) is 3.65. The molecule has 5 nitrogen and oxygen atoms in total. The van der Waals surface area contributed by atoms with Crippen LogP contribution in [0.2, 0.25) is 0 Å². The highest BCUT2D eigenvalue weighted by Gasteiger charge is 2.38.